The second-order valence-electron chi connectivity index (χ2n) is 5.81. The highest BCUT2D eigenvalue weighted by Gasteiger charge is 2.30. The summed E-state index contributed by atoms with van der Waals surface area (Å²) >= 11 is 0. The Morgan fingerprint density at radius 2 is 1.95 bits per heavy atom. The van der Waals surface area contributed by atoms with Crippen molar-refractivity contribution in [3.05, 3.63) is 35.4 Å². The second kappa shape index (κ2) is 5.85. The SMILES string of the molecule is Cc1ccc(C(=O)C(C)N2CCC(N(C)C)C2)cc1. The number of ketones is 1. The van der Waals surface area contributed by atoms with Crippen LogP contribution in [0.15, 0.2) is 24.3 Å². The molecule has 3 heteroatoms. The Balaban J connectivity index is 2.02. The monoisotopic (exact) mass is 260 g/mol. The molecule has 19 heavy (non-hydrogen) atoms. The Bertz CT molecular complexity index is 439. The Morgan fingerprint density at radius 3 is 2.47 bits per heavy atom. The van der Waals surface area contributed by atoms with Crippen molar-refractivity contribution in [3.63, 3.8) is 0 Å². The minimum absolute atomic E-state index is 0.0207. The fourth-order valence-electron chi connectivity index (χ4n) is 2.67. The molecule has 0 bridgehead atoms. The van der Waals surface area contributed by atoms with Gasteiger partial charge >= 0.3 is 0 Å². The predicted octanol–water partition coefficient (Wildman–Crippen LogP) is 2.20. The van der Waals surface area contributed by atoms with Crippen molar-refractivity contribution >= 4 is 5.78 Å². The van der Waals surface area contributed by atoms with Crippen LogP contribution in [0.5, 0.6) is 0 Å². The van der Waals surface area contributed by atoms with Gasteiger partial charge in [-0.05, 0) is 34.4 Å². The van der Waals surface area contributed by atoms with Gasteiger partial charge in [-0.2, -0.15) is 0 Å². The first kappa shape index (κ1) is 14.2. The van der Waals surface area contributed by atoms with Crippen LogP contribution in [0, 0.1) is 6.92 Å². The third-order valence-electron chi connectivity index (χ3n) is 4.19. The zero-order valence-electron chi connectivity index (χ0n) is 12.4. The summed E-state index contributed by atoms with van der Waals surface area (Å²) in [5, 5.41) is 0. The van der Waals surface area contributed by atoms with Gasteiger partial charge in [0.05, 0.1) is 6.04 Å². The van der Waals surface area contributed by atoms with Gasteiger partial charge in [0.25, 0.3) is 0 Å². The topological polar surface area (TPSA) is 23.6 Å². The lowest BCUT2D eigenvalue weighted by atomic mass is 10.0. The summed E-state index contributed by atoms with van der Waals surface area (Å²) in [6.45, 7) is 6.08. The van der Waals surface area contributed by atoms with Crippen LogP contribution in [0.25, 0.3) is 0 Å². The smallest absolute Gasteiger partial charge is 0.179 e. The molecule has 0 amide bonds. The lowest BCUT2D eigenvalue weighted by Gasteiger charge is -2.25. The molecule has 2 rings (SSSR count). The highest BCUT2D eigenvalue weighted by molar-refractivity contribution is 5.99. The van der Waals surface area contributed by atoms with E-state index in [2.05, 4.69) is 23.9 Å². The first-order chi connectivity index (χ1) is 8.99. The molecule has 1 aliphatic rings. The molecule has 0 radical (unpaired) electrons. The largest absolute Gasteiger partial charge is 0.305 e. The zero-order valence-corrected chi connectivity index (χ0v) is 12.4. The van der Waals surface area contributed by atoms with Gasteiger partial charge in [0.2, 0.25) is 0 Å². The van der Waals surface area contributed by atoms with E-state index < -0.39 is 0 Å². The Morgan fingerprint density at radius 1 is 1.32 bits per heavy atom. The third-order valence-corrected chi connectivity index (χ3v) is 4.19. The maximum Gasteiger partial charge on any atom is 0.179 e. The Hall–Kier alpha value is -1.19. The molecule has 1 aromatic carbocycles. The van der Waals surface area contributed by atoms with Crippen LogP contribution in [-0.2, 0) is 0 Å². The van der Waals surface area contributed by atoms with E-state index in [4.69, 9.17) is 0 Å². The third kappa shape index (κ3) is 3.23. The molecule has 3 nitrogen and oxygen atoms in total. The van der Waals surface area contributed by atoms with Crippen molar-refractivity contribution < 1.29 is 4.79 Å². The molecule has 0 aliphatic carbocycles. The van der Waals surface area contributed by atoms with Crippen molar-refractivity contribution in [1.82, 2.24) is 9.80 Å². The quantitative estimate of drug-likeness (QED) is 0.775. The maximum absolute atomic E-state index is 12.5. The van der Waals surface area contributed by atoms with Gasteiger partial charge in [-0.15, -0.1) is 0 Å². The van der Waals surface area contributed by atoms with Gasteiger partial charge in [0, 0.05) is 24.7 Å². The van der Waals surface area contributed by atoms with E-state index in [1.165, 1.54) is 5.56 Å². The van der Waals surface area contributed by atoms with Gasteiger partial charge in [0.15, 0.2) is 5.78 Å². The van der Waals surface area contributed by atoms with E-state index in [0.717, 1.165) is 25.1 Å². The maximum atomic E-state index is 12.5. The van der Waals surface area contributed by atoms with E-state index in [0.29, 0.717) is 6.04 Å². The summed E-state index contributed by atoms with van der Waals surface area (Å²) in [5.74, 6) is 0.236. The lowest BCUT2D eigenvalue weighted by Crippen LogP contribution is -2.39. The molecule has 0 aromatic heterocycles. The summed E-state index contributed by atoms with van der Waals surface area (Å²) in [6.07, 6.45) is 1.15. The lowest BCUT2D eigenvalue weighted by molar-refractivity contribution is 0.0859. The molecule has 1 saturated heterocycles. The highest BCUT2D eigenvalue weighted by Crippen LogP contribution is 2.18. The van der Waals surface area contributed by atoms with Crippen molar-refractivity contribution in [2.24, 2.45) is 0 Å². The van der Waals surface area contributed by atoms with Crippen LogP contribution in [0.2, 0.25) is 0 Å². The Labute approximate surface area is 116 Å². The van der Waals surface area contributed by atoms with Gasteiger partial charge in [-0.3, -0.25) is 9.69 Å². The highest BCUT2D eigenvalue weighted by atomic mass is 16.1. The number of aryl methyl sites for hydroxylation is 1. The van der Waals surface area contributed by atoms with Crippen molar-refractivity contribution in [1.29, 1.82) is 0 Å². The van der Waals surface area contributed by atoms with Crippen LogP contribution < -0.4 is 0 Å². The number of likely N-dealkylation sites (N-methyl/N-ethyl adjacent to an activating group) is 1. The minimum Gasteiger partial charge on any atom is -0.305 e. The molecule has 0 saturated carbocycles. The summed E-state index contributed by atoms with van der Waals surface area (Å²) in [4.78, 5) is 17.0. The fraction of sp³-hybridized carbons (Fsp3) is 0.562. The van der Waals surface area contributed by atoms with Gasteiger partial charge in [-0.25, -0.2) is 0 Å². The van der Waals surface area contributed by atoms with E-state index in [1.807, 2.05) is 38.1 Å². The van der Waals surface area contributed by atoms with Crippen LogP contribution in [0.1, 0.15) is 29.3 Å². The average Bonchev–Trinajstić information content (AvgIpc) is 2.87. The van der Waals surface area contributed by atoms with Crippen molar-refractivity contribution in [2.45, 2.75) is 32.4 Å². The first-order valence-electron chi connectivity index (χ1n) is 7.00. The van der Waals surface area contributed by atoms with E-state index in [9.17, 15) is 4.79 Å². The molecule has 1 aromatic rings. The molecule has 104 valence electrons. The van der Waals surface area contributed by atoms with Gasteiger partial charge < -0.3 is 4.90 Å². The zero-order chi connectivity index (χ0) is 14.0. The fourth-order valence-corrected chi connectivity index (χ4v) is 2.67. The molecule has 2 unspecified atom stereocenters. The number of hydrogen-bond donors (Lipinski definition) is 0. The standard InChI is InChI=1S/C16H24N2O/c1-12-5-7-14(8-6-12)16(19)13(2)18-10-9-15(11-18)17(3)4/h5-8,13,15H,9-11H2,1-4H3. The molecule has 0 N–H and O–H groups in total. The summed E-state index contributed by atoms with van der Waals surface area (Å²) in [7, 11) is 4.22. The summed E-state index contributed by atoms with van der Waals surface area (Å²) < 4.78 is 0. The first-order valence-corrected chi connectivity index (χ1v) is 7.00. The van der Waals surface area contributed by atoms with E-state index >= 15 is 0 Å². The molecule has 2 atom stereocenters. The molecule has 1 aliphatic heterocycles. The van der Waals surface area contributed by atoms with Crippen molar-refractivity contribution in [2.75, 3.05) is 27.2 Å². The number of likely N-dealkylation sites (tertiary alicyclic amines) is 1. The van der Waals surface area contributed by atoms with Crippen LogP contribution in [-0.4, -0.2) is 54.9 Å². The van der Waals surface area contributed by atoms with Crippen LogP contribution in [0.4, 0.5) is 0 Å². The summed E-state index contributed by atoms with van der Waals surface area (Å²) in [6, 6.07) is 8.45. The molecular formula is C16H24N2O. The predicted molar refractivity (Wildman–Crippen MR) is 78.6 cm³/mol. The van der Waals surface area contributed by atoms with Gasteiger partial charge in [0.1, 0.15) is 0 Å². The molecule has 1 heterocycles. The Kier molecular flexibility index (Phi) is 4.38. The van der Waals surface area contributed by atoms with Crippen LogP contribution >= 0.6 is 0 Å². The summed E-state index contributed by atoms with van der Waals surface area (Å²) in [5.41, 5.74) is 2.02. The van der Waals surface area contributed by atoms with Crippen molar-refractivity contribution in [3.8, 4) is 0 Å². The number of rotatable bonds is 4. The molecule has 0 spiro atoms. The molecule has 1 fully saturated rings. The van der Waals surface area contributed by atoms with E-state index in [1.54, 1.807) is 0 Å². The minimum atomic E-state index is -0.0207. The number of nitrogens with zero attached hydrogens (tertiary/aromatic N) is 2. The number of carbonyl (C=O) groups is 1. The van der Waals surface area contributed by atoms with Crippen LogP contribution in [0.3, 0.4) is 0 Å². The number of benzene rings is 1. The van der Waals surface area contributed by atoms with Gasteiger partial charge in [-0.1, -0.05) is 29.8 Å². The second-order valence-corrected chi connectivity index (χ2v) is 5.81. The normalized spacial score (nSPS) is 21.8. The van der Waals surface area contributed by atoms with E-state index in [-0.39, 0.29) is 11.8 Å². The number of carbonyl (C=O) groups excluding carboxylic acids is 1. The number of Topliss-reactive ketones (excluding diaryl/α,β-unsaturated/α-hetero) is 1. The number of hydrogen-bond acceptors (Lipinski definition) is 3. The average molecular weight is 260 g/mol. The molecular weight excluding hydrogens is 236 g/mol.